The summed E-state index contributed by atoms with van der Waals surface area (Å²) in [5.41, 5.74) is 2.62. The van der Waals surface area contributed by atoms with Crippen LogP contribution in [0.2, 0.25) is 0 Å². The van der Waals surface area contributed by atoms with E-state index in [2.05, 4.69) is 9.55 Å². The smallest absolute Gasteiger partial charge is 0.325 e. The van der Waals surface area contributed by atoms with Crippen molar-refractivity contribution < 1.29 is 14.3 Å². The number of para-hydroxylation sites is 4. The number of ether oxygens (including phenoxy) is 1. The van der Waals surface area contributed by atoms with Gasteiger partial charge in [0.15, 0.2) is 0 Å². The molecule has 2 aliphatic rings. The molecule has 0 N–H and O–H groups in total. The van der Waals surface area contributed by atoms with Crippen LogP contribution in [0.3, 0.4) is 0 Å². The van der Waals surface area contributed by atoms with Crippen LogP contribution in [-0.2, 0) is 11.3 Å². The standard InChI is InChI=1S/C21H21N5O3/c1-29-18-9-5-4-8-17(18)25-11-10-23(21(25)28)14-19(27)26-13-12-24-16-7-3-2-6-15(16)22-20(24)26/h2-9H,10-14H2,1H3. The van der Waals surface area contributed by atoms with Crippen LogP contribution in [0, 0.1) is 0 Å². The average Bonchev–Trinajstić information content (AvgIpc) is 3.42. The van der Waals surface area contributed by atoms with Crippen molar-refractivity contribution >= 4 is 34.6 Å². The van der Waals surface area contributed by atoms with Crippen molar-refractivity contribution in [3.63, 3.8) is 0 Å². The van der Waals surface area contributed by atoms with Gasteiger partial charge in [0.25, 0.3) is 0 Å². The Morgan fingerprint density at radius 3 is 2.69 bits per heavy atom. The van der Waals surface area contributed by atoms with Crippen molar-refractivity contribution in [2.45, 2.75) is 6.54 Å². The van der Waals surface area contributed by atoms with Gasteiger partial charge in [-0.05, 0) is 24.3 Å². The molecule has 148 valence electrons. The lowest BCUT2D eigenvalue weighted by atomic mass is 10.2. The summed E-state index contributed by atoms with van der Waals surface area (Å²) < 4.78 is 7.43. The molecule has 0 saturated carbocycles. The molecular weight excluding hydrogens is 370 g/mol. The Balaban J connectivity index is 1.33. The Morgan fingerprint density at radius 1 is 1.03 bits per heavy atom. The second kappa shape index (κ2) is 6.80. The fourth-order valence-electron chi connectivity index (χ4n) is 4.08. The normalized spacial score (nSPS) is 16.0. The monoisotopic (exact) mass is 391 g/mol. The number of amides is 3. The molecule has 3 aromatic rings. The Kier molecular flexibility index (Phi) is 4.12. The van der Waals surface area contributed by atoms with Crippen LogP contribution in [-0.4, -0.2) is 59.7 Å². The first-order valence-electron chi connectivity index (χ1n) is 9.62. The molecule has 1 fully saturated rings. The minimum absolute atomic E-state index is 0.0354. The number of rotatable bonds is 4. The zero-order valence-electron chi connectivity index (χ0n) is 16.1. The zero-order chi connectivity index (χ0) is 20.0. The Hall–Kier alpha value is -3.55. The Labute approximate surface area is 167 Å². The summed E-state index contributed by atoms with van der Waals surface area (Å²) in [6, 6.07) is 15.1. The van der Waals surface area contributed by atoms with Gasteiger partial charge in [-0.15, -0.1) is 0 Å². The number of benzene rings is 2. The van der Waals surface area contributed by atoms with Gasteiger partial charge in [0.05, 0.1) is 23.8 Å². The lowest BCUT2D eigenvalue weighted by Crippen LogP contribution is -2.42. The van der Waals surface area contributed by atoms with E-state index in [1.165, 1.54) is 0 Å². The Morgan fingerprint density at radius 2 is 1.83 bits per heavy atom. The maximum absolute atomic E-state index is 13.0. The summed E-state index contributed by atoms with van der Waals surface area (Å²) in [7, 11) is 1.58. The van der Waals surface area contributed by atoms with Crippen molar-refractivity contribution in [2.75, 3.05) is 43.1 Å². The van der Waals surface area contributed by atoms with Crippen LogP contribution >= 0.6 is 0 Å². The number of imidazole rings is 1. The van der Waals surface area contributed by atoms with Crippen molar-refractivity contribution in [1.82, 2.24) is 14.5 Å². The van der Waals surface area contributed by atoms with Crippen LogP contribution in [0.5, 0.6) is 5.75 Å². The van der Waals surface area contributed by atoms with Crippen LogP contribution in [0.1, 0.15) is 0 Å². The van der Waals surface area contributed by atoms with E-state index in [0.717, 1.165) is 16.7 Å². The van der Waals surface area contributed by atoms with E-state index in [1.807, 2.05) is 48.5 Å². The van der Waals surface area contributed by atoms with Gasteiger partial charge in [-0.2, -0.15) is 0 Å². The second-order valence-corrected chi connectivity index (χ2v) is 7.13. The molecule has 5 rings (SSSR count). The fourth-order valence-corrected chi connectivity index (χ4v) is 4.08. The number of aromatic nitrogens is 2. The number of carbonyl (C=O) groups is 2. The molecule has 0 radical (unpaired) electrons. The zero-order valence-corrected chi connectivity index (χ0v) is 16.1. The third kappa shape index (κ3) is 2.79. The summed E-state index contributed by atoms with van der Waals surface area (Å²) in [5, 5.41) is 0. The van der Waals surface area contributed by atoms with Crippen LogP contribution in [0.15, 0.2) is 48.5 Å². The van der Waals surface area contributed by atoms with E-state index < -0.39 is 0 Å². The molecule has 29 heavy (non-hydrogen) atoms. The molecule has 8 heteroatoms. The van der Waals surface area contributed by atoms with E-state index in [4.69, 9.17) is 4.74 Å². The average molecular weight is 391 g/mol. The van der Waals surface area contributed by atoms with E-state index in [1.54, 1.807) is 21.8 Å². The molecule has 2 aromatic carbocycles. The molecule has 0 atom stereocenters. The molecule has 0 aliphatic carbocycles. The maximum atomic E-state index is 13.0. The molecule has 3 heterocycles. The predicted molar refractivity (Wildman–Crippen MR) is 109 cm³/mol. The van der Waals surface area contributed by atoms with Crippen molar-refractivity contribution in [2.24, 2.45) is 0 Å². The topological polar surface area (TPSA) is 70.9 Å². The molecule has 1 saturated heterocycles. The van der Waals surface area contributed by atoms with Crippen molar-refractivity contribution in [3.05, 3.63) is 48.5 Å². The quantitative estimate of drug-likeness (QED) is 0.684. The second-order valence-electron chi connectivity index (χ2n) is 7.13. The summed E-state index contributed by atoms with van der Waals surface area (Å²) >= 11 is 0. The summed E-state index contributed by atoms with van der Waals surface area (Å²) in [5.74, 6) is 1.18. The summed E-state index contributed by atoms with van der Waals surface area (Å²) in [6.07, 6.45) is 0. The number of nitrogens with zero attached hydrogens (tertiary/aromatic N) is 5. The number of hydrogen-bond acceptors (Lipinski definition) is 4. The minimum atomic E-state index is -0.185. The number of urea groups is 1. The molecule has 1 aromatic heterocycles. The van der Waals surface area contributed by atoms with Crippen LogP contribution < -0.4 is 14.5 Å². The third-order valence-corrected chi connectivity index (χ3v) is 5.52. The third-order valence-electron chi connectivity index (χ3n) is 5.52. The van der Waals surface area contributed by atoms with Gasteiger partial charge in [0.1, 0.15) is 12.3 Å². The Bertz CT molecular complexity index is 1110. The SMILES string of the molecule is COc1ccccc1N1CCN(CC(=O)N2CCn3c2nc2ccccc23)C1=O. The first-order chi connectivity index (χ1) is 14.2. The highest BCUT2D eigenvalue weighted by Crippen LogP contribution is 2.31. The van der Waals surface area contributed by atoms with Crippen LogP contribution in [0.25, 0.3) is 11.0 Å². The highest BCUT2D eigenvalue weighted by molar-refractivity contribution is 6.01. The van der Waals surface area contributed by atoms with Gasteiger partial charge in [-0.1, -0.05) is 24.3 Å². The first-order valence-corrected chi connectivity index (χ1v) is 9.62. The van der Waals surface area contributed by atoms with Crippen LogP contribution in [0.4, 0.5) is 16.4 Å². The summed E-state index contributed by atoms with van der Waals surface area (Å²) in [4.78, 5) is 35.4. The molecule has 8 nitrogen and oxygen atoms in total. The first kappa shape index (κ1) is 17.5. The predicted octanol–water partition coefficient (Wildman–Crippen LogP) is 2.33. The fraction of sp³-hybridized carbons (Fsp3) is 0.286. The lowest BCUT2D eigenvalue weighted by molar-refractivity contribution is -0.119. The molecule has 3 amide bonds. The van der Waals surface area contributed by atoms with Gasteiger partial charge in [0.2, 0.25) is 11.9 Å². The lowest BCUT2D eigenvalue weighted by Gasteiger charge is -2.22. The highest BCUT2D eigenvalue weighted by Gasteiger charge is 2.35. The highest BCUT2D eigenvalue weighted by atomic mass is 16.5. The van der Waals surface area contributed by atoms with E-state index in [9.17, 15) is 9.59 Å². The molecular formula is C21H21N5O3. The van der Waals surface area contributed by atoms with Gasteiger partial charge in [-0.25, -0.2) is 9.78 Å². The molecule has 2 aliphatic heterocycles. The van der Waals surface area contributed by atoms with E-state index in [-0.39, 0.29) is 18.5 Å². The van der Waals surface area contributed by atoms with Gasteiger partial charge >= 0.3 is 6.03 Å². The largest absolute Gasteiger partial charge is 0.495 e. The summed E-state index contributed by atoms with van der Waals surface area (Å²) in [6.45, 7) is 2.33. The molecule has 0 bridgehead atoms. The van der Waals surface area contributed by atoms with E-state index in [0.29, 0.717) is 37.9 Å². The van der Waals surface area contributed by atoms with Crippen molar-refractivity contribution in [3.8, 4) is 5.75 Å². The molecule has 0 unspecified atom stereocenters. The number of hydrogen-bond donors (Lipinski definition) is 0. The minimum Gasteiger partial charge on any atom is -0.495 e. The van der Waals surface area contributed by atoms with Crippen molar-refractivity contribution in [1.29, 1.82) is 0 Å². The number of methoxy groups -OCH3 is 1. The number of anilines is 2. The molecule has 0 spiro atoms. The van der Waals surface area contributed by atoms with Gasteiger partial charge < -0.3 is 14.2 Å². The number of fused-ring (bicyclic) bond motifs is 3. The number of carbonyl (C=O) groups excluding carboxylic acids is 2. The van der Waals surface area contributed by atoms with E-state index >= 15 is 0 Å². The van der Waals surface area contributed by atoms with Gasteiger partial charge in [0, 0.05) is 26.2 Å². The van der Waals surface area contributed by atoms with Gasteiger partial charge in [-0.3, -0.25) is 14.6 Å². The maximum Gasteiger partial charge on any atom is 0.325 e.